The molecule has 0 amide bonds. The van der Waals surface area contributed by atoms with Gasteiger partial charge in [-0.15, -0.1) is 0 Å². The molecule has 0 bridgehead atoms. The minimum Gasteiger partial charge on any atom is -0.478 e. The van der Waals surface area contributed by atoms with Crippen molar-refractivity contribution in [2.45, 2.75) is 22.3 Å². The van der Waals surface area contributed by atoms with E-state index in [1.807, 2.05) is 24.3 Å². The van der Waals surface area contributed by atoms with Crippen molar-refractivity contribution in [3.63, 3.8) is 0 Å². The maximum atomic E-state index is 13.9. The zero-order valence-corrected chi connectivity index (χ0v) is 19.9. The first kappa shape index (κ1) is 26.2. The molecule has 3 N–H and O–H groups in total. The fourth-order valence-electron chi connectivity index (χ4n) is 4.02. The van der Waals surface area contributed by atoms with E-state index in [0.717, 1.165) is 54.0 Å². The second-order valence-corrected chi connectivity index (χ2v) is 9.39. The molecule has 34 heavy (non-hydrogen) atoms. The average molecular weight is 509 g/mol. The van der Waals surface area contributed by atoms with Crippen molar-refractivity contribution in [3.05, 3.63) is 70.5 Å². The van der Waals surface area contributed by atoms with Crippen molar-refractivity contribution in [1.82, 2.24) is 9.80 Å². The lowest BCUT2D eigenvalue weighted by molar-refractivity contribution is -0.134. The highest BCUT2D eigenvalue weighted by Gasteiger charge is 2.30. The van der Waals surface area contributed by atoms with Gasteiger partial charge < -0.3 is 15.3 Å². The Labute approximate surface area is 206 Å². The van der Waals surface area contributed by atoms with Crippen LogP contribution in [0.15, 0.2) is 58.3 Å². The Kier molecular flexibility index (Phi) is 9.49. The van der Waals surface area contributed by atoms with Crippen molar-refractivity contribution in [2.24, 2.45) is 0 Å². The highest BCUT2D eigenvalue weighted by molar-refractivity contribution is 7.99. The summed E-state index contributed by atoms with van der Waals surface area (Å²) in [5.74, 6) is -2.71. The highest BCUT2D eigenvalue weighted by Crippen LogP contribution is 2.43. The topological polar surface area (TPSA) is 101 Å². The normalized spacial score (nSPS) is 18.4. The Morgan fingerprint density at radius 3 is 2.32 bits per heavy atom. The molecule has 7 nitrogen and oxygen atoms in total. The number of carbonyl (C=O) groups is 2. The summed E-state index contributed by atoms with van der Waals surface area (Å²) in [6, 6.07) is 11.4. The van der Waals surface area contributed by atoms with E-state index in [2.05, 4.69) is 9.80 Å². The van der Waals surface area contributed by atoms with Gasteiger partial charge in [0.1, 0.15) is 5.82 Å². The SMILES string of the molecule is O=C(O)/C=C\C(=O)O.OCCN1CCN(C2Cc3cc(Cl)ccc3Sc3cc(F)ccc32)CC1. The van der Waals surface area contributed by atoms with Gasteiger partial charge in [-0.1, -0.05) is 29.4 Å². The van der Waals surface area contributed by atoms with Gasteiger partial charge >= 0.3 is 11.9 Å². The molecule has 2 aromatic carbocycles. The van der Waals surface area contributed by atoms with Crippen molar-refractivity contribution < 1.29 is 29.3 Å². The molecule has 1 saturated heterocycles. The van der Waals surface area contributed by atoms with Crippen LogP contribution >= 0.6 is 23.4 Å². The van der Waals surface area contributed by atoms with Crippen LogP contribution in [-0.4, -0.2) is 76.4 Å². The van der Waals surface area contributed by atoms with Gasteiger partial charge in [0.2, 0.25) is 0 Å². The number of benzene rings is 2. The zero-order chi connectivity index (χ0) is 24.7. The number of β-amino-alcohol motifs (C(OH)–C–C–N with tert-alkyl or cyclic N) is 1. The van der Waals surface area contributed by atoms with E-state index in [1.54, 1.807) is 23.9 Å². The van der Waals surface area contributed by atoms with Gasteiger partial charge in [0.15, 0.2) is 0 Å². The Bertz CT molecular complexity index is 1040. The molecule has 2 heterocycles. The molecular formula is C24H26ClFN2O5S. The monoisotopic (exact) mass is 508 g/mol. The van der Waals surface area contributed by atoms with Crippen molar-refractivity contribution in [3.8, 4) is 0 Å². The number of rotatable bonds is 5. The Morgan fingerprint density at radius 1 is 1.03 bits per heavy atom. The van der Waals surface area contributed by atoms with Gasteiger partial charge in [0, 0.05) is 65.7 Å². The van der Waals surface area contributed by atoms with E-state index in [-0.39, 0.29) is 18.5 Å². The summed E-state index contributed by atoms with van der Waals surface area (Å²) in [5.41, 5.74) is 2.42. The summed E-state index contributed by atoms with van der Waals surface area (Å²) in [5, 5.41) is 25.5. The van der Waals surface area contributed by atoms with Crippen molar-refractivity contribution in [2.75, 3.05) is 39.3 Å². The number of halogens is 2. The number of nitrogens with zero attached hydrogens (tertiary/aromatic N) is 2. The number of aliphatic hydroxyl groups is 1. The number of carboxylic acid groups (broad SMARTS) is 2. The van der Waals surface area contributed by atoms with Gasteiger partial charge in [0.25, 0.3) is 0 Å². The van der Waals surface area contributed by atoms with Gasteiger partial charge in [-0.2, -0.15) is 0 Å². The third kappa shape index (κ3) is 7.28. The lowest BCUT2D eigenvalue weighted by Gasteiger charge is -2.39. The molecule has 0 radical (unpaired) electrons. The molecule has 0 aromatic heterocycles. The van der Waals surface area contributed by atoms with Crippen LogP contribution in [0.4, 0.5) is 4.39 Å². The van der Waals surface area contributed by atoms with E-state index in [9.17, 15) is 14.0 Å². The molecule has 10 heteroatoms. The molecule has 0 saturated carbocycles. The molecule has 0 aliphatic carbocycles. The molecule has 0 spiro atoms. The number of piperazine rings is 1. The predicted molar refractivity (Wildman–Crippen MR) is 128 cm³/mol. The molecule has 1 atom stereocenters. The number of hydrogen-bond donors (Lipinski definition) is 3. The molecule has 2 aliphatic heterocycles. The molecule has 2 aliphatic rings. The lowest BCUT2D eigenvalue weighted by atomic mass is 9.96. The molecule has 2 aromatic rings. The van der Waals surface area contributed by atoms with E-state index < -0.39 is 11.9 Å². The van der Waals surface area contributed by atoms with Crippen molar-refractivity contribution in [1.29, 1.82) is 0 Å². The molecule has 4 rings (SSSR count). The Hall–Kier alpha value is -2.43. The van der Waals surface area contributed by atoms with Crippen LogP contribution in [0.2, 0.25) is 5.02 Å². The van der Waals surface area contributed by atoms with Crippen LogP contribution in [0.3, 0.4) is 0 Å². The lowest BCUT2D eigenvalue weighted by Crippen LogP contribution is -2.48. The molecule has 1 unspecified atom stereocenters. The minimum atomic E-state index is -1.26. The fraction of sp³-hybridized carbons (Fsp3) is 0.333. The third-order valence-corrected chi connectivity index (χ3v) is 7.05. The highest BCUT2D eigenvalue weighted by atomic mass is 35.5. The van der Waals surface area contributed by atoms with E-state index in [1.165, 1.54) is 11.1 Å². The predicted octanol–water partition coefficient (Wildman–Crippen LogP) is 3.55. The van der Waals surface area contributed by atoms with E-state index in [0.29, 0.717) is 12.2 Å². The van der Waals surface area contributed by atoms with Gasteiger partial charge in [-0.05, 0) is 47.9 Å². The van der Waals surface area contributed by atoms with Crippen LogP contribution in [-0.2, 0) is 16.0 Å². The van der Waals surface area contributed by atoms with Crippen LogP contribution < -0.4 is 0 Å². The summed E-state index contributed by atoms with van der Waals surface area (Å²) < 4.78 is 13.9. The maximum Gasteiger partial charge on any atom is 0.328 e. The number of fused-ring (bicyclic) bond motifs is 2. The summed E-state index contributed by atoms with van der Waals surface area (Å²) >= 11 is 7.87. The van der Waals surface area contributed by atoms with Gasteiger partial charge in [-0.25, -0.2) is 14.0 Å². The van der Waals surface area contributed by atoms with Crippen molar-refractivity contribution >= 4 is 35.3 Å². The smallest absolute Gasteiger partial charge is 0.328 e. The summed E-state index contributed by atoms with van der Waals surface area (Å²) in [6.45, 7) is 4.72. The van der Waals surface area contributed by atoms with Crippen LogP contribution in [0.5, 0.6) is 0 Å². The van der Waals surface area contributed by atoms with Crippen LogP contribution in [0.1, 0.15) is 17.2 Å². The van der Waals surface area contributed by atoms with Crippen LogP contribution in [0, 0.1) is 5.82 Å². The molecular weight excluding hydrogens is 483 g/mol. The Balaban J connectivity index is 0.000000350. The summed E-state index contributed by atoms with van der Waals surface area (Å²) in [7, 11) is 0. The number of aliphatic hydroxyl groups excluding tert-OH is 1. The minimum absolute atomic E-state index is 0.194. The zero-order valence-electron chi connectivity index (χ0n) is 18.4. The second-order valence-electron chi connectivity index (χ2n) is 7.87. The number of aliphatic carboxylic acids is 2. The van der Waals surface area contributed by atoms with Crippen LogP contribution in [0.25, 0.3) is 0 Å². The van der Waals surface area contributed by atoms with E-state index in [4.69, 9.17) is 26.9 Å². The third-order valence-electron chi connectivity index (χ3n) is 5.62. The number of carboxylic acids is 2. The number of hydrogen-bond acceptors (Lipinski definition) is 6. The molecule has 182 valence electrons. The first-order valence-corrected chi connectivity index (χ1v) is 11.9. The summed E-state index contributed by atoms with van der Waals surface area (Å²) in [6.07, 6.45) is 1.99. The first-order valence-electron chi connectivity index (χ1n) is 10.7. The van der Waals surface area contributed by atoms with E-state index >= 15 is 0 Å². The molecule has 1 fully saturated rings. The van der Waals surface area contributed by atoms with Gasteiger partial charge in [-0.3, -0.25) is 9.80 Å². The first-order chi connectivity index (χ1) is 16.3. The standard InChI is InChI=1S/C20H22ClFN2OS.C4H4O4/c21-15-1-4-19-14(11-15)12-18(17-3-2-16(22)13-20(17)26-19)24-7-5-23(6-8-24)9-10-25;5-3(6)1-2-4(7)8/h1-4,11,13,18,25H,5-10,12H2;1-2H,(H,5,6)(H,7,8)/b;2-1-. The average Bonchev–Trinajstić information content (AvgIpc) is 2.95. The quantitative estimate of drug-likeness (QED) is 0.527. The Morgan fingerprint density at radius 2 is 1.71 bits per heavy atom. The van der Waals surface area contributed by atoms with Gasteiger partial charge in [0.05, 0.1) is 6.61 Å². The summed E-state index contributed by atoms with van der Waals surface area (Å²) in [4.78, 5) is 26.0. The fourth-order valence-corrected chi connectivity index (χ4v) is 5.36. The maximum absolute atomic E-state index is 13.9. The second kappa shape index (κ2) is 12.3. The largest absolute Gasteiger partial charge is 0.478 e.